The van der Waals surface area contributed by atoms with E-state index in [1.165, 1.54) is 17.8 Å². The Morgan fingerprint density at radius 3 is 2.50 bits per heavy atom. The number of thioether (sulfide) groups is 1. The summed E-state index contributed by atoms with van der Waals surface area (Å²) in [4.78, 5) is 15.9. The van der Waals surface area contributed by atoms with Gasteiger partial charge in [-0.05, 0) is 35.9 Å². The van der Waals surface area contributed by atoms with Crippen LogP contribution in [0.5, 0.6) is 0 Å². The molecule has 0 radical (unpaired) electrons. The summed E-state index contributed by atoms with van der Waals surface area (Å²) in [5, 5.41) is 1.80. The number of aromatic nitrogens is 2. The molecule has 24 heavy (non-hydrogen) atoms. The van der Waals surface area contributed by atoms with Crippen LogP contribution in [0.2, 0.25) is 10.0 Å². The Bertz CT molecular complexity index is 926. The minimum Gasteiger partial charge on any atom is -0.385 e. The molecule has 0 saturated carbocycles. The topological polar surface area (TPSA) is 60.9 Å². The van der Waals surface area contributed by atoms with Gasteiger partial charge in [0.15, 0.2) is 5.16 Å². The third-order valence-corrected chi connectivity index (χ3v) is 4.93. The van der Waals surface area contributed by atoms with Crippen molar-refractivity contribution >= 4 is 40.8 Å². The monoisotopic (exact) mass is 377 g/mol. The molecule has 0 unspecified atom stereocenters. The lowest BCUT2D eigenvalue weighted by Crippen LogP contribution is -2.16. The Kier molecular flexibility index (Phi) is 5.14. The van der Waals surface area contributed by atoms with E-state index in [1.54, 1.807) is 16.7 Å². The summed E-state index contributed by atoms with van der Waals surface area (Å²) in [6, 6.07) is 16.0. The molecule has 2 N–H and O–H groups in total. The van der Waals surface area contributed by atoms with Crippen molar-refractivity contribution in [3.05, 3.63) is 80.6 Å². The van der Waals surface area contributed by atoms with Crippen molar-refractivity contribution in [3.8, 4) is 5.69 Å². The molecule has 3 rings (SSSR count). The normalized spacial score (nSPS) is 10.8. The number of hydrogen-bond donors (Lipinski definition) is 1. The van der Waals surface area contributed by atoms with E-state index in [-0.39, 0.29) is 5.56 Å². The molecule has 0 aliphatic rings. The van der Waals surface area contributed by atoms with Crippen LogP contribution in [0.15, 0.2) is 64.5 Å². The van der Waals surface area contributed by atoms with E-state index < -0.39 is 0 Å². The highest BCUT2D eigenvalue weighted by atomic mass is 35.5. The van der Waals surface area contributed by atoms with Crippen molar-refractivity contribution in [1.29, 1.82) is 0 Å². The number of nitrogen functional groups attached to an aromatic ring is 1. The highest BCUT2D eigenvalue weighted by Gasteiger charge is 2.11. The van der Waals surface area contributed by atoms with Gasteiger partial charge in [0.1, 0.15) is 5.82 Å². The average Bonchev–Trinajstić information content (AvgIpc) is 2.55. The van der Waals surface area contributed by atoms with Crippen molar-refractivity contribution in [2.24, 2.45) is 0 Å². The second-order valence-electron chi connectivity index (χ2n) is 4.99. The summed E-state index contributed by atoms with van der Waals surface area (Å²) in [5.41, 5.74) is 7.41. The van der Waals surface area contributed by atoms with Crippen LogP contribution in [0.4, 0.5) is 5.82 Å². The van der Waals surface area contributed by atoms with E-state index >= 15 is 0 Å². The van der Waals surface area contributed by atoms with Gasteiger partial charge in [-0.25, -0.2) is 0 Å². The second kappa shape index (κ2) is 7.30. The Labute approximate surface area is 153 Å². The molecule has 0 atom stereocenters. The Morgan fingerprint density at radius 2 is 1.79 bits per heavy atom. The van der Waals surface area contributed by atoms with Gasteiger partial charge < -0.3 is 5.73 Å². The predicted molar refractivity (Wildman–Crippen MR) is 100 cm³/mol. The molecule has 0 aliphatic carbocycles. The van der Waals surface area contributed by atoms with E-state index in [1.807, 2.05) is 36.4 Å². The fourth-order valence-corrected chi connectivity index (χ4v) is 3.62. The third kappa shape index (κ3) is 3.75. The first-order valence-electron chi connectivity index (χ1n) is 7.06. The largest absolute Gasteiger partial charge is 0.385 e. The van der Waals surface area contributed by atoms with Gasteiger partial charge in [0.05, 0.1) is 0 Å². The molecule has 2 aromatic carbocycles. The zero-order valence-electron chi connectivity index (χ0n) is 12.4. The molecular formula is C17H13Cl2N3OS. The number of halogens is 2. The van der Waals surface area contributed by atoms with Crippen LogP contribution in [-0.4, -0.2) is 9.55 Å². The molecule has 7 heteroatoms. The first-order valence-corrected chi connectivity index (χ1v) is 8.80. The molecule has 0 saturated heterocycles. The van der Waals surface area contributed by atoms with E-state index in [9.17, 15) is 4.79 Å². The van der Waals surface area contributed by atoms with Gasteiger partial charge in [0.25, 0.3) is 5.56 Å². The molecule has 4 nitrogen and oxygen atoms in total. The van der Waals surface area contributed by atoms with Crippen molar-refractivity contribution < 1.29 is 0 Å². The number of nitrogens with two attached hydrogens (primary N) is 1. The minimum atomic E-state index is -0.376. The van der Waals surface area contributed by atoms with Crippen LogP contribution < -0.4 is 11.3 Å². The molecule has 0 amide bonds. The molecule has 1 aromatic heterocycles. The summed E-state index contributed by atoms with van der Waals surface area (Å²) in [7, 11) is 0. The maximum Gasteiger partial charge on any atom is 0.275 e. The van der Waals surface area contributed by atoms with Gasteiger partial charge in [0.2, 0.25) is 0 Å². The van der Waals surface area contributed by atoms with Crippen molar-refractivity contribution in [2.45, 2.75) is 10.9 Å². The zero-order valence-corrected chi connectivity index (χ0v) is 14.8. The maximum absolute atomic E-state index is 11.8. The minimum absolute atomic E-state index is 0.319. The van der Waals surface area contributed by atoms with E-state index in [2.05, 4.69) is 4.98 Å². The SMILES string of the molecule is Nc1cc(=O)nc(SCc2ccccc2Cl)n1-c1ccc(Cl)cc1. The molecule has 1 heterocycles. The van der Waals surface area contributed by atoms with Crippen LogP contribution in [0, 0.1) is 0 Å². The molecule has 0 aliphatic heterocycles. The number of benzene rings is 2. The molecular weight excluding hydrogens is 365 g/mol. The van der Waals surface area contributed by atoms with Gasteiger partial charge in [-0.2, -0.15) is 4.98 Å². The average molecular weight is 378 g/mol. The summed E-state index contributed by atoms with van der Waals surface area (Å²) in [5.74, 6) is 0.891. The summed E-state index contributed by atoms with van der Waals surface area (Å²) < 4.78 is 1.72. The highest BCUT2D eigenvalue weighted by Crippen LogP contribution is 2.28. The van der Waals surface area contributed by atoms with Gasteiger partial charge in [-0.15, -0.1) is 0 Å². The van der Waals surface area contributed by atoms with Crippen molar-refractivity contribution in [1.82, 2.24) is 9.55 Å². The quantitative estimate of drug-likeness (QED) is 0.540. The smallest absolute Gasteiger partial charge is 0.275 e. The zero-order chi connectivity index (χ0) is 17.1. The number of nitrogens with zero attached hydrogens (tertiary/aromatic N) is 2. The van der Waals surface area contributed by atoms with Crippen LogP contribution in [-0.2, 0) is 5.75 Å². The number of hydrogen-bond acceptors (Lipinski definition) is 4. The highest BCUT2D eigenvalue weighted by molar-refractivity contribution is 7.98. The molecule has 0 bridgehead atoms. The number of rotatable bonds is 4. The predicted octanol–water partition coefficient (Wildman–Crippen LogP) is 4.41. The summed E-state index contributed by atoms with van der Waals surface area (Å²) in [6.45, 7) is 0. The van der Waals surface area contributed by atoms with Crippen LogP contribution in [0.3, 0.4) is 0 Å². The standard InChI is InChI=1S/C17H13Cl2N3OS/c18-12-5-7-13(8-6-12)22-15(20)9-16(23)21-17(22)24-10-11-3-1-2-4-14(11)19/h1-9H,10,20H2. The lowest BCUT2D eigenvalue weighted by molar-refractivity contribution is 0.823. The molecule has 3 aromatic rings. The number of anilines is 1. The fraction of sp³-hybridized carbons (Fsp3) is 0.0588. The molecule has 122 valence electrons. The van der Waals surface area contributed by atoms with Crippen molar-refractivity contribution in [2.75, 3.05) is 5.73 Å². The van der Waals surface area contributed by atoms with Gasteiger partial charge >= 0.3 is 0 Å². The van der Waals surface area contributed by atoms with E-state index in [0.717, 1.165) is 11.3 Å². The van der Waals surface area contributed by atoms with Crippen LogP contribution >= 0.6 is 35.0 Å². The Hall–Kier alpha value is -1.95. The van der Waals surface area contributed by atoms with Gasteiger partial charge in [0, 0.05) is 27.6 Å². The fourth-order valence-electron chi connectivity index (χ4n) is 2.18. The summed E-state index contributed by atoms with van der Waals surface area (Å²) >= 11 is 13.5. The lowest BCUT2D eigenvalue weighted by Gasteiger charge is -2.15. The lowest BCUT2D eigenvalue weighted by atomic mass is 10.2. The second-order valence-corrected chi connectivity index (χ2v) is 6.78. The summed E-state index contributed by atoms with van der Waals surface area (Å²) in [6.07, 6.45) is 0. The van der Waals surface area contributed by atoms with Crippen LogP contribution in [0.1, 0.15) is 5.56 Å². The van der Waals surface area contributed by atoms with E-state index in [0.29, 0.717) is 26.8 Å². The van der Waals surface area contributed by atoms with E-state index in [4.69, 9.17) is 28.9 Å². The maximum atomic E-state index is 11.8. The first-order chi connectivity index (χ1) is 11.5. The molecule has 0 spiro atoms. The Balaban J connectivity index is 1.99. The van der Waals surface area contributed by atoms with Gasteiger partial charge in [-0.3, -0.25) is 9.36 Å². The van der Waals surface area contributed by atoms with Crippen molar-refractivity contribution in [3.63, 3.8) is 0 Å². The van der Waals surface area contributed by atoms with Crippen LogP contribution in [0.25, 0.3) is 5.69 Å². The first kappa shape index (κ1) is 16.9. The third-order valence-electron chi connectivity index (χ3n) is 3.33. The van der Waals surface area contributed by atoms with Gasteiger partial charge in [-0.1, -0.05) is 53.2 Å². The Morgan fingerprint density at radius 1 is 1.08 bits per heavy atom. The molecule has 0 fully saturated rings.